The van der Waals surface area contributed by atoms with Crippen LogP contribution in [0.3, 0.4) is 0 Å². The second kappa shape index (κ2) is 7.12. The van der Waals surface area contributed by atoms with Gasteiger partial charge in [0, 0.05) is 35.1 Å². The van der Waals surface area contributed by atoms with Crippen LogP contribution in [0.15, 0.2) is 75.4 Å². The molecule has 6 heteroatoms. The number of nitrogens with zero attached hydrogens (tertiary/aromatic N) is 3. The summed E-state index contributed by atoms with van der Waals surface area (Å²) in [4.78, 5) is 17.9. The average molecular weight is 428 g/mol. The number of hydrogen-bond acceptors (Lipinski definition) is 5. The number of aromatic nitrogens is 1. The third kappa shape index (κ3) is 3.00. The molecular formula is C26H29N5O. The lowest BCUT2D eigenvalue weighted by Gasteiger charge is -2.48. The molecule has 0 bridgehead atoms. The van der Waals surface area contributed by atoms with Gasteiger partial charge in [-0.2, -0.15) is 10.2 Å². The van der Waals surface area contributed by atoms with Crippen molar-refractivity contribution in [2.75, 3.05) is 0 Å². The molecule has 2 N–H and O–H groups in total. The lowest BCUT2D eigenvalue weighted by atomic mass is 9.61. The van der Waals surface area contributed by atoms with Gasteiger partial charge in [-0.25, -0.2) is 0 Å². The summed E-state index contributed by atoms with van der Waals surface area (Å²) in [6.07, 6.45) is 3.08. The first kappa shape index (κ1) is 20.6. The highest BCUT2D eigenvalue weighted by atomic mass is 16.2. The Labute approximate surface area is 188 Å². The van der Waals surface area contributed by atoms with Crippen molar-refractivity contribution in [2.24, 2.45) is 10.2 Å². The zero-order valence-corrected chi connectivity index (χ0v) is 19.3. The second-order valence-corrected chi connectivity index (χ2v) is 9.66. The van der Waals surface area contributed by atoms with Gasteiger partial charge in [0.1, 0.15) is 0 Å². The van der Waals surface area contributed by atoms with E-state index in [-0.39, 0.29) is 17.6 Å². The molecule has 32 heavy (non-hydrogen) atoms. The molecule has 1 aromatic carbocycles. The van der Waals surface area contributed by atoms with Gasteiger partial charge in [0.05, 0.1) is 16.7 Å². The number of azo groups is 1. The molecule has 1 amide bonds. The minimum absolute atomic E-state index is 0.0126. The maximum atomic E-state index is 13.6. The Hall–Kier alpha value is -3.28. The number of benzene rings is 1. The zero-order valence-electron chi connectivity index (χ0n) is 19.3. The summed E-state index contributed by atoms with van der Waals surface area (Å²) in [6.45, 7) is 10.3. The molecule has 3 aliphatic rings. The van der Waals surface area contributed by atoms with Crippen LogP contribution in [-0.4, -0.2) is 22.6 Å². The molecular weight excluding hydrogens is 398 g/mol. The third-order valence-electron chi connectivity index (χ3n) is 6.90. The highest BCUT2D eigenvalue weighted by Crippen LogP contribution is 2.52. The number of hydrogen-bond donors (Lipinski definition) is 2. The monoisotopic (exact) mass is 427 g/mol. The van der Waals surface area contributed by atoms with E-state index < -0.39 is 5.41 Å². The average Bonchev–Trinajstić information content (AvgIpc) is 3.12. The van der Waals surface area contributed by atoms with Crippen molar-refractivity contribution in [3.8, 4) is 11.1 Å². The van der Waals surface area contributed by atoms with Crippen molar-refractivity contribution in [3.63, 3.8) is 0 Å². The molecule has 2 atom stereocenters. The highest BCUT2D eigenvalue weighted by Gasteiger charge is 2.54. The van der Waals surface area contributed by atoms with Gasteiger partial charge in [0.2, 0.25) is 0 Å². The summed E-state index contributed by atoms with van der Waals surface area (Å²) in [5, 5.41) is 15.7. The standard InChI is InChI=1S/C26H29N5O/c1-6-26(19-9-7-8-17(13-19)18-10-11-27-15(2)12-18)21-16(3)30-31-23(21)28-20-14-25(4,5)29-24(32)22(20)26/h7-13,23,28H,6,14H2,1-5H3,(H,29,32)/t23?,26-/m0/s1. The predicted octanol–water partition coefficient (Wildman–Crippen LogP) is 4.93. The number of fused-ring (bicyclic) bond motifs is 1. The molecule has 6 nitrogen and oxygen atoms in total. The molecule has 1 unspecified atom stereocenters. The SMILES string of the molecule is CC[C@@]1(c2cccc(-c3ccnc(C)c3)c2)C2=C(CC(C)(C)NC2=O)NC2N=NC(C)=C21. The summed E-state index contributed by atoms with van der Waals surface area (Å²) in [6, 6.07) is 12.7. The predicted molar refractivity (Wildman–Crippen MR) is 125 cm³/mol. The number of aryl methyl sites for hydroxylation is 1. The normalized spacial score (nSPS) is 25.9. The smallest absolute Gasteiger partial charge is 0.250 e. The highest BCUT2D eigenvalue weighted by molar-refractivity contribution is 6.00. The van der Waals surface area contributed by atoms with Gasteiger partial charge in [-0.3, -0.25) is 9.78 Å². The number of allylic oxidation sites excluding steroid dienone is 1. The van der Waals surface area contributed by atoms with Crippen molar-refractivity contribution in [1.29, 1.82) is 0 Å². The Balaban J connectivity index is 1.77. The van der Waals surface area contributed by atoms with Gasteiger partial charge in [0.25, 0.3) is 5.91 Å². The molecule has 0 aliphatic carbocycles. The molecule has 4 heterocycles. The maximum Gasteiger partial charge on any atom is 0.250 e. The van der Waals surface area contributed by atoms with Gasteiger partial charge in [0.15, 0.2) is 6.17 Å². The summed E-state index contributed by atoms with van der Waals surface area (Å²) in [5.41, 5.74) is 7.16. The fourth-order valence-electron chi connectivity index (χ4n) is 5.61. The lowest BCUT2D eigenvalue weighted by molar-refractivity contribution is -0.120. The van der Waals surface area contributed by atoms with Crippen molar-refractivity contribution >= 4 is 5.91 Å². The molecule has 5 rings (SSSR count). The van der Waals surface area contributed by atoms with E-state index in [4.69, 9.17) is 0 Å². The van der Waals surface area contributed by atoms with E-state index in [1.807, 2.05) is 26.1 Å². The van der Waals surface area contributed by atoms with Gasteiger partial charge in [-0.1, -0.05) is 25.1 Å². The van der Waals surface area contributed by atoms with E-state index in [1.165, 1.54) is 0 Å². The Morgan fingerprint density at radius 1 is 1.12 bits per heavy atom. The van der Waals surface area contributed by atoms with Crippen LogP contribution >= 0.6 is 0 Å². The summed E-state index contributed by atoms with van der Waals surface area (Å²) >= 11 is 0. The fourth-order valence-corrected chi connectivity index (χ4v) is 5.61. The lowest BCUT2D eigenvalue weighted by Crippen LogP contribution is -2.58. The summed E-state index contributed by atoms with van der Waals surface area (Å²) in [5.74, 6) is -0.0126. The topological polar surface area (TPSA) is 78.7 Å². The first-order valence-corrected chi connectivity index (χ1v) is 11.2. The van der Waals surface area contributed by atoms with E-state index >= 15 is 0 Å². The van der Waals surface area contributed by atoms with Crippen LogP contribution in [0.25, 0.3) is 11.1 Å². The van der Waals surface area contributed by atoms with Crippen molar-refractivity contribution in [1.82, 2.24) is 15.6 Å². The second-order valence-electron chi connectivity index (χ2n) is 9.66. The van der Waals surface area contributed by atoms with Crippen molar-refractivity contribution < 1.29 is 4.79 Å². The van der Waals surface area contributed by atoms with Crippen LogP contribution in [0.5, 0.6) is 0 Å². The summed E-state index contributed by atoms with van der Waals surface area (Å²) in [7, 11) is 0. The fraction of sp³-hybridized carbons (Fsp3) is 0.385. The van der Waals surface area contributed by atoms with Crippen LogP contribution in [0, 0.1) is 6.92 Å². The number of amides is 1. The molecule has 1 aromatic heterocycles. The molecule has 0 saturated carbocycles. The van der Waals surface area contributed by atoms with Crippen LogP contribution in [0.1, 0.15) is 51.8 Å². The Bertz CT molecular complexity index is 1220. The minimum atomic E-state index is -0.586. The number of nitrogens with one attached hydrogen (secondary N) is 2. The number of pyridine rings is 1. The van der Waals surface area contributed by atoms with E-state index in [0.717, 1.165) is 57.8 Å². The third-order valence-corrected chi connectivity index (χ3v) is 6.90. The summed E-state index contributed by atoms with van der Waals surface area (Å²) < 4.78 is 0. The van der Waals surface area contributed by atoms with Gasteiger partial charge in [-0.15, -0.1) is 0 Å². The molecule has 2 aromatic rings. The zero-order chi connectivity index (χ0) is 22.7. The molecule has 164 valence electrons. The van der Waals surface area contributed by atoms with Gasteiger partial charge in [-0.05, 0) is 69.0 Å². The van der Waals surface area contributed by atoms with Crippen molar-refractivity contribution in [3.05, 3.63) is 76.4 Å². The van der Waals surface area contributed by atoms with E-state index in [9.17, 15) is 4.79 Å². The molecule has 0 spiro atoms. The van der Waals surface area contributed by atoms with Gasteiger partial charge < -0.3 is 10.6 Å². The molecule has 3 aliphatic heterocycles. The minimum Gasteiger partial charge on any atom is -0.362 e. The largest absolute Gasteiger partial charge is 0.362 e. The number of carbonyl (C=O) groups excluding carboxylic acids is 1. The maximum absolute atomic E-state index is 13.6. The van der Waals surface area contributed by atoms with Crippen LogP contribution < -0.4 is 10.6 Å². The molecule has 0 fully saturated rings. The first-order chi connectivity index (χ1) is 15.2. The van der Waals surface area contributed by atoms with Gasteiger partial charge >= 0.3 is 0 Å². The van der Waals surface area contributed by atoms with Crippen LogP contribution in [-0.2, 0) is 10.2 Å². The Morgan fingerprint density at radius 3 is 2.66 bits per heavy atom. The van der Waals surface area contributed by atoms with Crippen LogP contribution in [0.4, 0.5) is 0 Å². The number of rotatable bonds is 3. The Kier molecular flexibility index (Phi) is 4.59. The van der Waals surface area contributed by atoms with Crippen LogP contribution in [0.2, 0.25) is 0 Å². The first-order valence-electron chi connectivity index (χ1n) is 11.2. The van der Waals surface area contributed by atoms with E-state index in [1.54, 1.807) is 0 Å². The van der Waals surface area contributed by atoms with Crippen molar-refractivity contribution in [2.45, 2.75) is 64.6 Å². The van der Waals surface area contributed by atoms with E-state index in [2.05, 4.69) is 76.9 Å². The Morgan fingerprint density at radius 2 is 1.91 bits per heavy atom. The molecule has 0 radical (unpaired) electrons. The number of carbonyl (C=O) groups is 1. The molecule has 0 saturated heterocycles. The van der Waals surface area contributed by atoms with E-state index in [0.29, 0.717) is 0 Å². The quantitative estimate of drug-likeness (QED) is 0.729.